The van der Waals surface area contributed by atoms with E-state index >= 15 is 0 Å². The topological polar surface area (TPSA) is 28.2 Å². The maximum absolute atomic E-state index is 4.69. The van der Waals surface area contributed by atoms with Gasteiger partial charge in [-0.25, -0.2) is 4.98 Å². The molecule has 1 saturated heterocycles. The van der Waals surface area contributed by atoms with Gasteiger partial charge in [-0.1, -0.05) is 0 Å². The zero-order valence-corrected chi connectivity index (χ0v) is 13.0. The molecule has 0 saturated carbocycles. The summed E-state index contributed by atoms with van der Waals surface area (Å²) in [6.45, 7) is 8.71. The average molecular weight is 312 g/mol. The van der Waals surface area contributed by atoms with Crippen molar-refractivity contribution in [2.45, 2.75) is 45.7 Å². The van der Waals surface area contributed by atoms with Crippen molar-refractivity contribution in [1.29, 1.82) is 0 Å². The third-order valence-electron chi connectivity index (χ3n) is 3.50. The second-order valence-electron chi connectivity index (χ2n) is 5.28. The van der Waals surface area contributed by atoms with Gasteiger partial charge in [0.2, 0.25) is 0 Å². The summed E-state index contributed by atoms with van der Waals surface area (Å²) >= 11 is 3.51. The van der Waals surface area contributed by atoms with Crippen molar-refractivity contribution in [2.75, 3.05) is 18.0 Å². The first-order chi connectivity index (χ1) is 8.58. The van der Waals surface area contributed by atoms with Gasteiger partial charge in [-0.05, 0) is 68.2 Å². The Kier molecular flexibility index (Phi) is 4.62. The minimum atomic E-state index is 0.473. The second kappa shape index (κ2) is 6.02. The molecule has 0 spiro atoms. The molecule has 1 unspecified atom stereocenters. The third-order valence-corrected chi connectivity index (χ3v) is 4.34. The molecule has 1 N–H and O–H groups in total. The lowest BCUT2D eigenvalue weighted by atomic mass is 10.2. The van der Waals surface area contributed by atoms with E-state index in [9.17, 15) is 0 Å². The summed E-state index contributed by atoms with van der Waals surface area (Å²) in [7, 11) is 0. The van der Waals surface area contributed by atoms with Crippen LogP contribution in [0.2, 0.25) is 0 Å². The average Bonchev–Trinajstić information content (AvgIpc) is 2.82. The summed E-state index contributed by atoms with van der Waals surface area (Å²) in [4.78, 5) is 7.08. The van der Waals surface area contributed by atoms with Crippen molar-refractivity contribution in [3.63, 3.8) is 0 Å². The minimum Gasteiger partial charge on any atom is -0.353 e. The van der Waals surface area contributed by atoms with E-state index in [1.165, 1.54) is 12.8 Å². The van der Waals surface area contributed by atoms with E-state index < -0.39 is 0 Å². The maximum atomic E-state index is 4.69. The molecule has 4 heteroatoms. The fourth-order valence-electron chi connectivity index (χ4n) is 2.41. The van der Waals surface area contributed by atoms with E-state index in [2.05, 4.69) is 57.1 Å². The molecule has 3 nitrogen and oxygen atoms in total. The first-order valence-corrected chi connectivity index (χ1v) is 7.50. The molecule has 1 aliphatic rings. The largest absolute Gasteiger partial charge is 0.353 e. The summed E-state index contributed by atoms with van der Waals surface area (Å²) in [6, 6.07) is 5.28. The van der Waals surface area contributed by atoms with Gasteiger partial charge < -0.3 is 10.2 Å². The fourth-order valence-corrected chi connectivity index (χ4v) is 2.63. The molecule has 100 valence electrons. The fraction of sp³-hybridized carbons (Fsp3) is 0.643. The monoisotopic (exact) mass is 311 g/mol. The standard InChI is InChI=1S/C14H22BrN3/c1-10(2)18(9-12-5-4-8-16-12)14-7-6-13(15)11(3)17-14/h6-7,10,12,16H,4-5,8-9H2,1-3H3. The van der Waals surface area contributed by atoms with Gasteiger partial charge in [-0.15, -0.1) is 0 Å². The number of nitrogens with zero attached hydrogens (tertiary/aromatic N) is 2. The quantitative estimate of drug-likeness (QED) is 0.926. The molecule has 1 aromatic heterocycles. The number of hydrogen-bond donors (Lipinski definition) is 1. The molecule has 18 heavy (non-hydrogen) atoms. The highest BCUT2D eigenvalue weighted by Gasteiger charge is 2.20. The highest BCUT2D eigenvalue weighted by molar-refractivity contribution is 9.10. The van der Waals surface area contributed by atoms with Gasteiger partial charge in [0.15, 0.2) is 0 Å². The highest BCUT2D eigenvalue weighted by Crippen LogP contribution is 2.21. The van der Waals surface area contributed by atoms with Gasteiger partial charge in [0.1, 0.15) is 5.82 Å². The maximum Gasteiger partial charge on any atom is 0.129 e. The SMILES string of the molecule is Cc1nc(N(CC2CCCN2)C(C)C)ccc1Br. The van der Waals surface area contributed by atoms with Gasteiger partial charge in [-0.3, -0.25) is 0 Å². The Balaban J connectivity index is 2.15. The molecule has 1 atom stereocenters. The van der Waals surface area contributed by atoms with Crippen LogP contribution in [0.25, 0.3) is 0 Å². The molecule has 1 aromatic rings. The Hall–Kier alpha value is -0.610. The van der Waals surface area contributed by atoms with Crippen molar-refractivity contribution >= 4 is 21.7 Å². The van der Waals surface area contributed by atoms with Gasteiger partial charge >= 0.3 is 0 Å². The summed E-state index contributed by atoms with van der Waals surface area (Å²) in [6.07, 6.45) is 2.57. The van der Waals surface area contributed by atoms with Crippen LogP contribution in [0.1, 0.15) is 32.4 Å². The first-order valence-electron chi connectivity index (χ1n) is 6.71. The van der Waals surface area contributed by atoms with Crippen LogP contribution in [0.3, 0.4) is 0 Å². The molecule has 2 heterocycles. The van der Waals surface area contributed by atoms with E-state index in [0.29, 0.717) is 12.1 Å². The molecule has 0 radical (unpaired) electrons. The molecule has 0 aliphatic carbocycles. The molecule has 1 fully saturated rings. The number of aromatic nitrogens is 1. The summed E-state index contributed by atoms with van der Waals surface area (Å²) in [5.41, 5.74) is 1.05. The summed E-state index contributed by atoms with van der Waals surface area (Å²) in [5.74, 6) is 1.08. The van der Waals surface area contributed by atoms with Crippen LogP contribution in [-0.2, 0) is 0 Å². The molecular weight excluding hydrogens is 290 g/mol. The Bertz CT molecular complexity index is 400. The van der Waals surface area contributed by atoms with Crippen molar-refractivity contribution in [3.05, 3.63) is 22.3 Å². The predicted octanol–water partition coefficient (Wildman–Crippen LogP) is 3.12. The van der Waals surface area contributed by atoms with Gasteiger partial charge in [0.25, 0.3) is 0 Å². The second-order valence-corrected chi connectivity index (χ2v) is 6.13. The van der Waals surface area contributed by atoms with E-state index in [4.69, 9.17) is 0 Å². The number of halogens is 1. The number of aryl methyl sites for hydroxylation is 1. The van der Waals surface area contributed by atoms with Crippen LogP contribution in [-0.4, -0.2) is 30.2 Å². The summed E-state index contributed by atoms with van der Waals surface area (Å²) < 4.78 is 1.08. The number of pyridine rings is 1. The predicted molar refractivity (Wildman–Crippen MR) is 80.2 cm³/mol. The molecule has 2 rings (SSSR count). The lowest BCUT2D eigenvalue weighted by Crippen LogP contribution is -2.41. The van der Waals surface area contributed by atoms with Crippen LogP contribution < -0.4 is 10.2 Å². The zero-order chi connectivity index (χ0) is 13.1. The Morgan fingerprint density at radius 1 is 1.50 bits per heavy atom. The molecular formula is C14H22BrN3. The lowest BCUT2D eigenvalue weighted by Gasteiger charge is -2.31. The van der Waals surface area contributed by atoms with E-state index in [0.717, 1.165) is 29.1 Å². The third kappa shape index (κ3) is 3.23. The van der Waals surface area contributed by atoms with Crippen molar-refractivity contribution in [3.8, 4) is 0 Å². The number of rotatable bonds is 4. The van der Waals surface area contributed by atoms with Crippen molar-refractivity contribution in [2.24, 2.45) is 0 Å². The van der Waals surface area contributed by atoms with Gasteiger partial charge in [0.05, 0.1) is 5.69 Å². The van der Waals surface area contributed by atoms with Crippen molar-refractivity contribution < 1.29 is 0 Å². The molecule has 0 aromatic carbocycles. The number of nitrogens with one attached hydrogen (secondary N) is 1. The Morgan fingerprint density at radius 3 is 2.83 bits per heavy atom. The molecule has 0 bridgehead atoms. The van der Waals surface area contributed by atoms with Gasteiger partial charge in [0, 0.05) is 23.1 Å². The van der Waals surface area contributed by atoms with Crippen LogP contribution in [0.4, 0.5) is 5.82 Å². The number of hydrogen-bond acceptors (Lipinski definition) is 3. The van der Waals surface area contributed by atoms with Crippen molar-refractivity contribution in [1.82, 2.24) is 10.3 Å². The zero-order valence-electron chi connectivity index (χ0n) is 11.4. The van der Waals surface area contributed by atoms with E-state index in [1.807, 2.05) is 6.92 Å². The van der Waals surface area contributed by atoms with Gasteiger partial charge in [-0.2, -0.15) is 0 Å². The molecule has 1 aliphatic heterocycles. The lowest BCUT2D eigenvalue weighted by molar-refractivity contribution is 0.549. The Labute approximate surface area is 118 Å². The summed E-state index contributed by atoms with van der Waals surface area (Å²) in [5, 5.41) is 3.56. The van der Waals surface area contributed by atoms with E-state index in [1.54, 1.807) is 0 Å². The van der Waals surface area contributed by atoms with Crippen LogP contribution in [0.15, 0.2) is 16.6 Å². The van der Waals surface area contributed by atoms with Crippen LogP contribution in [0, 0.1) is 6.92 Å². The first kappa shape index (κ1) is 13.8. The normalized spacial score (nSPS) is 19.5. The van der Waals surface area contributed by atoms with Crippen LogP contribution in [0.5, 0.6) is 0 Å². The smallest absolute Gasteiger partial charge is 0.129 e. The van der Waals surface area contributed by atoms with Crippen LogP contribution >= 0.6 is 15.9 Å². The number of anilines is 1. The Morgan fingerprint density at radius 2 is 2.28 bits per heavy atom. The highest BCUT2D eigenvalue weighted by atomic mass is 79.9. The van der Waals surface area contributed by atoms with E-state index in [-0.39, 0.29) is 0 Å². The minimum absolute atomic E-state index is 0.473. The molecule has 0 amide bonds.